The van der Waals surface area contributed by atoms with Crippen LogP contribution < -0.4 is 5.56 Å². The fourth-order valence-electron chi connectivity index (χ4n) is 1.33. The van der Waals surface area contributed by atoms with Gasteiger partial charge in [-0.3, -0.25) is 4.79 Å². The molecule has 4 nitrogen and oxygen atoms in total. The Morgan fingerprint density at radius 2 is 2.06 bits per heavy atom. The second-order valence-corrected chi connectivity index (χ2v) is 3.44. The Balaban J connectivity index is 2.76. The lowest BCUT2D eigenvalue weighted by Gasteiger charge is -2.08. The van der Waals surface area contributed by atoms with Gasteiger partial charge in [0.05, 0.1) is 0 Å². The van der Waals surface area contributed by atoms with Crippen LogP contribution in [0.1, 0.15) is 23.2 Å². The molecule has 1 aromatic rings. The number of aryl methyl sites for hydroxylation is 1. The Bertz CT molecular complexity index is 465. The van der Waals surface area contributed by atoms with Gasteiger partial charge in [0.1, 0.15) is 5.56 Å². The second-order valence-electron chi connectivity index (χ2n) is 3.44. The number of carboxylic acids is 1. The summed E-state index contributed by atoms with van der Waals surface area (Å²) in [6.45, 7) is -0.153. The first-order valence-corrected chi connectivity index (χ1v) is 4.81. The zero-order valence-corrected chi connectivity index (χ0v) is 8.70. The summed E-state index contributed by atoms with van der Waals surface area (Å²) >= 11 is 0. The number of hydrogen-bond acceptors (Lipinski definition) is 2. The minimum atomic E-state index is -4.27. The number of carbonyl (C=O) groups is 1. The normalized spacial score (nSPS) is 11.5. The molecule has 1 N–H and O–H groups in total. The van der Waals surface area contributed by atoms with E-state index >= 15 is 0 Å². The Labute approximate surface area is 94.3 Å². The molecule has 94 valence electrons. The Morgan fingerprint density at radius 1 is 1.41 bits per heavy atom. The molecule has 0 atom stereocenters. The molecule has 1 rings (SSSR count). The highest BCUT2D eigenvalue weighted by molar-refractivity contribution is 5.86. The van der Waals surface area contributed by atoms with Crippen molar-refractivity contribution in [3.63, 3.8) is 0 Å². The molecule has 0 saturated heterocycles. The number of aromatic carboxylic acids is 1. The number of carboxylic acid groups (broad SMARTS) is 1. The topological polar surface area (TPSA) is 59.3 Å². The molecule has 0 amide bonds. The lowest BCUT2D eigenvalue weighted by molar-refractivity contribution is -0.135. The molecule has 0 aromatic carbocycles. The number of aromatic nitrogens is 1. The summed E-state index contributed by atoms with van der Waals surface area (Å²) in [5, 5.41) is 8.65. The maximum absolute atomic E-state index is 11.9. The van der Waals surface area contributed by atoms with Gasteiger partial charge >= 0.3 is 12.1 Å². The van der Waals surface area contributed by atoms with Crippen molar-refractivity contribution < 1.29 is 23.1 Å². The standard InChI is InChI=1S/C10H10F3NO3/c11-10(12,13)4-2-6-14-5-1-3-7(8(14)15)9(16)17/h1,3,5H,2,4,6H2,(H,16,17). The largest absolute Gasteiger partial charge is 0.477 e. The van der Waals surface area contributed by atoms with E-state index in [0.29, 0.717) is 0 Å². The van der Waals surface area contributed by atoms with Crippen LogP contribution in [0.3, 0.4) is 0 Å². The molecule has 0 spiro atoms. The summed E-state index contributed by atoms with van der Waals surface area (Å²) in [5.74, 6) is -1.39. The van der Waals surface area contributed by atoms with E-state index in [1.54, 1.807) is 0 Å². The van der Waals surface area contributed by atoms with Crippen LogP contribution in [0.5, 0.6) is 0 Å². The first kappa shape index (κ1) is 13.3. The van der Waals surface area contributed by atoms with Crippen molar-refractivity contribution >= 4 is 5.97 Å². The molecule has 0 unspecified atom stereocenters. The monoisotopic (exact) mass is 249 g/mol. The lowest BCUT2D eigenvalue weighted by atomic mass is 10.2. The Kier molecular flexibility index (Phi) is 3.93. The fraction of sp³-hybridized carbons (Fsp3) is 0.400. The molecule has 1 aromatic heterocycles. The molecule has 0 aliphatic rings. The SMILES string of the molecule is O=C(O)c1cccn(CCCC(F)(F)F)c1=O. The molecule has 0 radical (unpaired) electrons. The molecule has 7 heteroatoms. The van der Waals surface area contributed by atoms with Crippen molar-refractivity contribution in [1.29, 1.82) is 0 Å². The highest BCUT2D eigenvalue weighted by atomic mass is 19.4. The van der Waals surface area contributed by atoms with E-state index in [1.807, 2.05) is 0 Å². The zero-order chi connectivity index (χ0) is 13.1. The van der Waals surface area contributed by atoms with Crippen molar-refractivity contribution in [1.82, 2.24) is 4.57 Å². The smallest absolute Gasteiger partial charge is 0.389 e. The molecular formula is C10H10F3NO3. The number of hydrogen-bond donors (Lipinski definition) is 1. The van der Waals surface area contributed by atoms with Crippen LogP contribution >= 0.6 is 0 Å². The van der Waals surface area contributed by atoms with E-state index in [0.717, 1.165) is 10.6 Å². The summed E-state index contributed by atoms with van der Waals surface area (Å²) in [6.07, 6.45) is -4.26. The van der Waals surface area contributed by atoms with Crippen LogP contribution in [0.4, 0.5) is 13.2 Å². The van der Waals surface area contributed by atoms with E-state index in [2.05, 4.69) is 0 Å². The zero-order valence-electron chi connectivity index (χ0n) is 8.70. The molecule has 0 aliphatic heterocycles. The molecule has 1 heterocycles. The molecular weight excluding hydrogens is 239 g/mol. The van der Waals surface area contributed by atoms with Gasteiger partial charge in [-0.25, -0.2) is 4.79 Å². The average molecular weight is 249 g/mol. The van der Waals surface area contributed by atoms with E-state index in [9.17, 15) is 22.8 Å². The predicted molar refractivity (Wildman–Crippen MR) is 53.0 cm³/mol. The van der Waals surface area contributed by atoms with E-state index in [4.69, 9.17) is 5.11 Å². The Hall–Kier alpha value is -1.79. The number of rotatable bonds is 4. The van der Waals surface area contributed by atoms with E-state index in [1.165, 1.54) is 12.3 Å². The van der Waals surface area contributed by atoms with Crippen LogP contribution in [-0.2, 0) is 6.54 Å². The molecule has 0 fully saturated rings. The third kappa shape index (κ3) is 3.93. The van der Waals surface area contributed by atoms with E-state index < -0.39 is 29.7 Å². The summed E-state index contributed by atoms with van der Waals surface area (Å²) in [5.41, 5.74) is -1.23. The van der Waals surface area contributed by atoms with Gasteiger partial charge in [-0.05, 0) is 18.6 Å². The first-order chi connectivity index (χ1) is 7.81. The number of nitrogens with zero attached hydrogens (tertiary/aromatic N) is 1. The predicted octanol–water partition coefficient (Wildman–Crippen LogP) is 1.89. The summed E-state index contributed by atoms with van der Waals surface area (Å²) < 4.78 is 36.6. The average Bonchev–Trinajstić information content (AvgIpc) is 2.18. The van der Waals surface area contributed by atoms with Crippen molar-refractivity contribution in [2.45, 2.75) is 25.6 Å². The molecule has 17 heavy (non-hydrogen) atoms. The minimum Gasteiger partial charge on any atom is -0.477 e. The van der Waals surface area contributed by atoms with Gasteiger partial charge in [-0.2, -0.15) is 13.2 Å². The van der Waals surface area contributed by atoms with Gasteiger partial charge in [0.2, 0.25) is 0 Å². The number of alkyl halides is 3. The maximum Gasteiger partial charge on any atom is 0.389 e. The molecule has 0 aliphatic carbocycles. The molecule has 0 saturated carbocycles. The first-order valence-electron chi connectivity index (χ1n) is 4.81. The highest BCUT2D eigenvalue weighted by Gasteiger charge is 2.26. The van der Waals surface area contributed by atoms with E-state index in [-0.39, 0.29) is 13.0 Å². The van der Waals surface area contributed by atoms with Crippen molar-refractivity contribution in [2.75, 3.05) is 0 Å². The van der Waals surface area contributed by atoms with Gasteiger partial charge in [0, 0.05) is 19.2 Å². The fourth-order valence-corrected chi connectivity index (χ4v) is 1.33. The van der Waals surface area contributed by atoms with Crippen LogP contribution in [-0.4, -0.2) is 21.8 Å². The highest BCUT2D eigenvalue weighted by Crippen LogP contribution is 2.21. The van der Waals surface area contributed by atoms with Gasteiger partial charge in [0.25, 0.3) is 5.56 Å². The maximum atomic E-state index is 11.9. The van der Waals surface area contributed by atoms with Gasteiger partial charge in [0.15, 0.2) is 0 Å². The summed E-state index contributed by atoms with van der Waals surface area (Å²) in [7, 11) is 0. The van der Waals surface area contributed by atoms with Crippen LogP contribution in [0.15, 0.2) is 23.1 Å². The lowest BCUT2D eigenvalue weighted by Crippen LogP contribution is -2.26. The third-order valence-electron chi connectivity index (χ3n) is 2.11. The molecule has 0 bridgehead atoms. The van der Waals surface area contributed by atoms with Gasteiger partial charge < -0.3 is 9.67 Å². The van der Waals surface area contributed by atoms with Crippen molar-refractivity contribution in [3.05, 3.63) is 34.2 Å². The summed E-state index contributed by atoms with van der Waals surface area (Å²) in [4.78, 5) is 22.1. The number of halogens is 3. The van der Waals surface area contributed by atoms with Crippen molar-refractivity contribution in [3.8, 4) is 0 Å². The van der Waals surface area contributed by atoms with Crippen molar-refractivity contribution in [2.24, 2.45) is 0 Å². The summed E-state index contributed by atoms with van der Waals surface area (Å²) in [6, 6.07) is 2.43. The Morgan fingerprint density at radius 3 is 2.59 bits per heavy atom. The second kappa shape index (κ2) is 5.03. The minimum absolute atomic E-state index is 0.153. The van der Waals surface area contributed by atoms with Gasteiger partial charge in [-0.15, -0.1) is 0 Å². The van der Waals surface area contributed by atoms with Crippen LogP contribution in [0, 0.1) is 0 Å². The van der Waals surface area contributed by atoms with Gasteiger partial charge in [-0.1, -0.05) is 0 Å². The quantitative estimate of drug-likeness (QED) is 0.886. The number of pyridine rings is 1. The third-order valence-corrected chi connectivity index (χ3v) is 2.11. The van der Waals surface area contributed by atoms with Crippen LogP contribution in [0.2, 0.25) is 0 Å². The van der Waals surface area contributed by atoms with Crippen LogP contribution in [0.25, 0.3) is 0 Å².